The zero-order valence-electron chi connectivity index (χ0n) is 39.5. The van der Waals surface area contributed by atoms with Gasteiger partial charge in [-0.15, -0.1) is 0 Å². The number of hydrogen-bond acceptors (Lipinski definition) is 8. The average molecular weight is 1040 g/mol. The van der Waals surface area contributed by atoms with Crippen LogP contribution in [0.1, 0.15) is 119 Å². The fourth-order valence-electron chi connectivity index (χ4n) is 7.34. The van der Waals surface area contributed by atoms with Gasteiger partial charge in [0.1, 0.15) is 0 Å². The van der Waals surface area contributed by atoms with Gasteiger partial charge in [-0.1, -0.05) is 243 Å². The predicted molar refractivity (Wildman–Crippen MR) is 270 cm³/mol. The maximum absolute atomic E-state index is 9.99. The van der Waals surface area contributed by atoms with E-state index in [1.165, 1.54) is 0 Å². The van der Waals surface area contributed by atoms with Gasteiger partial charge in [0, 0.05) is 64.6 Å². The van der Waals surface area contributed by atoms with Gasteiger partial charge in [0.05, 0.1) is 48.8 Å². The summed E-state index contributed by atoms with van der Waals surface area (Å²) in [4.78, 5) is 0. The first-order chi connectivity index (χ1) is 33.1. The van der Waals surface area contributed by atoms with Gasteiger partial charge in [-0.05, 0) is 44.5 Å². The molecule has 0 radical (unpaired) electrons. The summed E-state index contributed by atoms with van der Waals surface area (Å²) in [6, 6.07) is 75.2. The first-order valence-corrected chi connectivity index (χ1v) is 22.9. The normalized spacial score (nSPS) is 13.8. The first-order valence-electron chi connectivity index (χ1n) is 22.9. The molecule has 8 aromatic carbocycles. The zero-order chi connectivity index (χ0) is 48.4. The maximum Gasteiger partial charge on any atom is 0.0818 e. The number of aliphatic hydroxyl groups is 8. The Balaban J connectivity index is 0.000000245. The second-order valence-electron chi connectivity index (χ2n) is 16.4. The molecule has 0 saturated heterocycles. The fraction of sp³-hybridized carbons (Fsp3) is 0.200. The molecule has 0 fully saturated rings. The second kappa shape index (κ2) is 33.3. The van der Waals surface area contributed by atoms with E-state index in [0.717, 1.165) is 44.5 Å². The number of rotatable bonds is 16. The minimum Gasteiger partial charge on any atom is -0.388 e. The molecule has 0 amide bonds. The zero-order valence-corrected chi connectivity index (χ0v) is 45.5. The minimum absolute atomic E-state index is 0. The Labute approximate surface area is 438 Å². The van der Waals surface area contributed by atoms with E-state index in [4.69, 9.17) is 0 Å². The smallest absolute Gasteiger partial charge is 0.0818 e. The molecular weight excluding hydrogens is 979 g/mol. The van der Waals surface area contributed by atoms with Crippen LogP contribution in [0.5, 0.6) is 0 Å². The molecule has 356 valence electrons. The molecule has 8 N–H and O–H groups in total. The molecule has 8 unspecified atom stereocenters. The van der Waals surface area contributed by atoms with Gasteiger partial charge in [0.2, 0.25) is 0 Å². The first kappa shape index (κ1) is 59.0. The van der Waals surface area contributed by atoms with E-state index in [-0.39, 0.29) is 39.0 Å². The summed E-state index contributed by atoms with van der Waals surface area (Å²) in [6.07, 6.45) is -3.81. The molecule has 8 aromatic rings. The van der Waals surface area contributed by atoms with Gasteiger partial charge in [-0.2, -0.15) is 0 Å². The molecule has 8 rings (SSSR count). The van der Waals surface area contributed by atoms with Gasteiger partial charge in [0.15, 0.2) is 0 Å². The molecule has 0 heterocycles. The standard InChI is InChI=1S/4C15H16O2.2Zn/c4*16-14(12-7-3-1-4-8-12)11-15(17)13-9-5-2-6-10-13;;/h4*1-10,14-17H,11H2;;. The Morgan fingerprint density at radius 1 is 0.171 bits per heavy atom. The van der Waals surface area contributed by atoms with Crippen LogP contribution in [0.25, 0.3) is 0 Å². The van der Waals surface area contributed by atoms with Crippen molar-refractivity contribution in [3.8, 4) is 0 Å². The molecule has 0 saturated carbocycles. The van der Waals surface area contributed by atoms with Gasteiger partial charge >= 0.3 is 0 Å². The van der Waals surface area contributed by atoms with Crippen LogP contribution in [0.4, 0.5) is 0 Å². The molecule has 8 atom stereocenters. The monoisotopic (exact) mass is 1040 g/mol. The van der Waals surface area contributed by atoms with E-state index in [1.54, 1.807) is 0 Å². The van der Waals surface area contributed by atoms with E-state index in [2.05, 4.69) is 0 Å². The van der Waals surface area contributed by atoms with Crippen LogP contribution in [0.3, 0.4) is 0 Å². The Morgan fingerprint density at radius 2 is 0.257 bits per heavy atom. The van der Waals surface area contributed by atoms with Crippen molar-refractivity contribution in [2.45, 2.75) is 74.5 Å². The minimum atomic E-state index is -0.633. The Kier molecular flexibility index (Phi) is 28.1. The molecule has 0 aliphatic carbocycles. The largest absolute Gasteiger partial charge is 0.388 e. The van der Waals surface area contributed by atoms with E-state index >= 15 is 0 Å². The average Bonchev–Trinajstić information content (AvgIpc) is 3.41. The van der Waals surface area contributed by atoms with Crippen LogP contribution < -0.4 is 0 Å². The van der Waals surface area contributed by atoms with Gasteiger partial charge in [-0.25, -0.2) is 0 Å². The molecule has 0 bridgehead atoms. The van der Waals surface area contributed by atoms with Crippen molar-refractivity contribution < 1.29 is 79.8 Å². The summed E-state index contributed by atoms with van der Waals surface area (Å²) in [5, 5.41) is 79.9. The Hall–Kier alpha value is -5.31. The second-order valence-corrected chi connectivity index (χ2v) is 16.4. The summed E-state index contributed by atoms with van der Waals surface area (Å²) in [6.45, 7) is 0. The third kappa shape index (κ3) is 21.0. The van der Waals surface area contributed by atoms with Gasteiger partial charge in [-0.3, -0.25) is 0 Å². The molecule has 0 spiro atoms. The molecule has 0 aliphatic heterocycles. The van der Waals surface area contributed by atoms with Crippen molar-refractivity contribution in [2.75, 3.05) is 0 Å². The molecule has 8 nitrogen and oxygen atoms in total. The van der Waals surface area contributed by atoms with E-state index in [9.17, 15) is 40.9 Å². The summed E-state index contributed by atoms with van der Waals surface area (Å²) in [7, 11) is 0. The maximum atomic E-state index is 9.99. The van der Waals surface area contributed by atoms with E-state index in [0.29, 0.717) is 25.7 Å². The summed E-state index contributed by atoms with van der Waals surface area (Å²) < 4.78 is 0. The van der Waals surface area contributed by atoms with Crippen LogP contribution in [0, 0.1) is 0 Å². The predicted octanol–water partition coefficient (Wildman–Crippen LogP) is 11.4. The van der Waals surface area contributed by atoms with Crippen molar-refractivity contribution in [2.24, 2.45) is 0 Å². The van der Waals surface area contributed by atoms with Crippen LogP contribution in [-0.2, 0) is 39.0 Å². The van der Waals surface area contributed by atoms with Crippen molar-refractivity contribution in [3.05, 3.63) is 287 Å². The topological polar surface area (TPSA) is 162 Å². The number of benzene rings is 8. The summed E-state index contributed by atoms with van der Waals surface area (Å²) in [5.41, 5.74) is 6.69. The third-order valence-electron chi connectivity index (χ3n) is 11.3. The molecule has 0 aliphatic rings. The SMILES string of the molecule is OC(CC(O)c1ccccc1)c1ccccc1.OC(CC(O)c1ccccc1)c1ccccc1.OC(CC(O)c1ccccc1)c1ccccc1.OC(CC(O)c1ccccc1)c1ccccc1.[Zn].[Zn]. The Bertz CT molecular complexity index is 1950. The van der Waals surface area contributed by atoms with Crippen LogP contribution in [0.2, 0.25) is 0 Å². The molecule has 70 heavy (non-hydrogen) atoms. The van der Waals surface area contributed by atoms with Gasteiger partial charge < -0.3 is 40.9 Å². The number of aliphatic hydroxyl groups excluding tert-OH is 8. The van der Waals surface area contributed by atoms with E-state index < -0.39 is 48.8 Å². The van der Waals surface area contributed by atoms with Crippen LogP contribution >= 0.6 is 0 Å². The van der Waals surface area contributed by atoms with Crippen molar-refractivity contribution in [3.63, 3.8) is 0 Å². The van der Waals surface area contributed by atoms with Crippen molar-refractivity contribution >= 4 is 0 Å². The number of hydrogen-bond donors (Lipinski definition) is 8. The quantitative estimate of drug-likeness (QED) is 0.0444. The van der Waals surface area contributed by atoms with Gasteiger partial charge in [0.25, 0.3) is 0 Å². The summed E-state index contributed by atoms with van der Waals surface area (Å²) in [5.74, 6) is 0. The fourth-order valence-corrected chi connectivity index (χ4v) is 7.34. The van der Waals surface area contributed by atoms with E-state index in [1.807, 2.05) is 243 Å². The van der Waals surface area contributed by atoms with Crippen LogP contribution in [-0.4, -0.2) is 40.9 Å². The molecular formula is C60H64O8Zn2. The Morgan fingerprint density at radius 3 is 0.343 bits per heavy atom. The van der Waals surface area contributed by atoms with Crippen molar-refractivity contribution in [1.29, 1.82) is 0 Å². The van der Waals surface area contributed by atoms with Crippen LogP contribution in [0.15, 0.2) is 243 Å². The summed E-state index contributed by atoms with van der Waals surface area (Å²) >= 11 is 0. The molecule has 10 heteroatoms. The molecule has 0 aromatic heterocycles. The third-order valence-corrected chi connectivity index (χ3v) is 11.3. The van der Waals surface area contributed by atoms with Crippen molar-refractivity contribution in [1.82, 2.24) is 0 Å².